The first-order valence-corrected chi connectivity index (χ1v) is 8.05. The Balaban J connectivity index is 1.71. The molecule has 2 aromatic rings. The number of amides is 1. The zero-order chi connectivity index (χ0) is 16.2. The van der Waals surface area contributed by atoms with Gasteiger partial charge in [-0.3, -0.25) is 4.79 Å². The molecule has 0 atom stereocenters. The summed E-state index contributed by atoms with van der Waals surface area (Å²) in [6, 6.07) is 9.91. The van der Waals surface area contributed by atoms with Gasteiger partial charge in [-0.25, -0.2) is 9.97 Å². The molecule has 5 heteroatoms. The number of likely N-dealkylation sites (tertiary alicyclic amines) is 1. The third-order valence-electron chi connectivity index (χ3n) is 4.40. The first-order valence-electron chi connectivity index (χ1n) is 8.05. The standard InChI is InChI=1S/C18H22N4O/c1-14-8-10-22(11-9-14)17(23)15-12-19-18(20-13-15)21(2)16-6-4-3-5-7-16/h3-7,12-14H,8-11H2,1-2H3. The van der Waals surface area contributed by atoms with Crippen LogP contribution in [0.25, 0.3) is 0 Å². The molecule has 1 aromatic carbocycles. The Morgan fingerprint density at radius 3 is 2.35 bits per heavy atom. The van der Waals surface area contributed by atoms with Crippen molar-refractivity contribution in [3.8, 4) is 0 Å². The first kappa shape index (κ1) is 15.5. The molecule has 3 rings (SSSR count). The smallest absolute Gasteiger partial charge is 0.256 e. The molecule has 1 amide bonds. The van der Waals surface area contributed by atoms with E-state index in [0.29, 0.717) is 17.4 Å². The molecule has 2 heterocycles. The summed E-state index contributed by atoms with van der Waals surface area (Å²) in [5.41, 5.74) is 1.57. The molecule has 0 spiro atoms. The maximum absolute atomic E-state index is 12.5. The number of anilines is 2. The molecular weight excluding hydrogens is 288 g/mol. The topological polar surface area (TPSA) is 49.3 Å². The van der Waals surface area contributed by atoms with Crippen molar-refractivity contribution in [2.45, 2.75) is 19.8 Å². The second kappa shape index (κ2) is 6.77. The predicted molar refractivity (Wildman–Crippen MR) is 90.8 cm³/mol. The van der Waals surface area contributed by atoms with Gasteiger partial charge in [-0.1, -0.05) is 25.1 Å². The van der Waals surface area contributed by atoms with E-state index in [1.54, 1.807) is 12.4 Å². The molecule has 1 aliphatic rings. The van der Waals surface area contributed by atoms with Gasteiger partial charge in [0.25, 0.3) is 5.91 Å². The number of piperidine rings is 1. The molecule has 23 heavy (non-hydrogen) atoms. The zero-order valence-electron chi connectivity index (χ0n) is 13.6. The van der Waals surface area contributed by atoms with E-state index in [4.69, 9.17) is 0 Å². The lowest BCUT2D eigenvalue weighted by Crippen LogP contribution is -2.38. The van der Waals surface area contributed by atoms with E-state index in [1.807, 2.05) is 47.2 Å². The van der Waals surface area contributed by atoms with Crippen LogP contribution in [0, 0.1) is 5.92 Å². The Morgan fingerprint density at radius 1 is 1.13 bits per heavy atom. The predicted octanol–water partition coefficient (Wildman–Crippen LogP) is 3.12. The second-order valence-corrected chi connectivity index (χ2v) is 6.14. The lowest BCUT2D eigenvalue weighted by Gasteiger charge is -2.30. The van der Waals surface area contributed by atoms with E-state index in [-0.39, 0.29) is 5.91 Å². The summed E-state index contributed by atoms with van der Waals surface area (Å²) in [6.07, 6.45) is 5.40. The zero-order valence-corrected chi connectivity index (χ0v) is 13.6. The lowest BCUT2D eigenvalue weighted by atomic mass is 9.99. The van der Waals surface area contributed by atoms with Gasteiger partial charge in [0, 0.05) is 38.2 Å². The van der Waals surface area contributed by atoms with Crippen LogP contribution in [0.2, 0.25) is 0 Å². The van der Waals surface area contributed by atoms with Gasteiger partial charge in [-0.2, -0.15) is 0 Å². The van der Waals surface area contributed by atoms with E-state index in [0.717, 1.165) is 31.6 Å². The van der Waals surface area contributed by atoms with Crippen LogP contribution in [0.15, 0.2) is 42.7 Å². The summed E-state index contributed by atoms with van der Waals surface area (Å²) in [4.78, 5) is 25.0. The van der Waals surface area contributed by atoms with Crippen molar-refractivity contribution in [1.29, 1.82) is 0 Å². The van der Waals surface area contributed by atoms with E-state index in [9.17, 15) is 4.79 Å². The molecule has 1 aliphatic heterocycles. The van der Waals surface area contributed by atoms with Crippen molar-refractivity contribution < 1.29 is 4.79 Å². The average Bonchev–Trinajstić information content (AvgIpc) is 2.62. The monoisotopic (exact) mass is 310 g/mol. The highest BCUT2D eigenvalue weighted by atomic mass is 16.2. The molecule has 5 nitrogen and oxygen atoms in total. The minimum atomic E-state index is 0.0332. The van der Waals surface area contributed by atoms with Crippen LogP contribution >= 0.6 is 0 Å². The second-order valence-electron chi connectivity index (χ2n) is 6.14. The Labute approximate surface area is 137 Å². The van der Waals surface area contributed by atoms with Gasteiger partial charge in [0.2, 0.25) is 5.95 Å². The van der Waals surface area contributed by atoms with Crippen molar-refractivity contribution in [2.24, 2.45) is 5.92 Å². The van der Waals surface area contributed by atoms with Crippen molar-refractivity contribution in [2.75, 3.05) is 25.0 Å². The molecule has 120 valence electrons. The van der Waals surface area contributed by atoms with Crippen LogP contribution < -0.4 is 4.90 Å². The summed E-state index contributed by atoms with van der Waals surface area (Å²) < 4.78 is 0. The van der Waals surface area contributed by atoms with Crippen molar-refractivity contribution in [3.05, 3.63) is 48.3 Å². The van der Waals surface area contributed by atoms with Gasteiger partial charge in [0.15, 0.2) is 0 Å². The van der Waals surface area contributed by atoms with Gasteiger partial charge in [0.05, 0.1) is 5.56 Å². The van der Waals surface area contributed by atoms with E-state index in [2.05, 4.69) is 16.9 Å². The highest BCUT2D eigenvalue weighted by molar-refractivity contribution is 5.93. The number of aromatic nitrogens is 2. The summed E-state index contributed by atoms with van der Waals surface area (Å²) in [5.74, 6) is 1.32. The minimum Gasteiger partial charge on any atom is -0.339 e. The van der Waals surface area contributed by atoms with Crippen molar-refractivity contribution in [1.82, 2.24) is 14.9 Å². The van der Waals surface area contributed by atoms with Crippen LogP contribution in [0.4, 0.5) is 11.6 Å². The molecule has 1 saturated heterocycles. The number of rotatable bonds is 3. The molecule has 0 aliphatic carbocycles. The van der Waals surface area contributed by atoms with Crippen LogP contribution in [-0.2, 0) is 0 Å². The fourth-order valence-corrected chi connectivity index (χ4v) is 2.77. The molecule has 0 radical (unpaired) electrons. The third-order valence-corrected chi connectivity index (χ3v) is 4.40. The molecular formula is C18H22N4O. The van der Waals surface area contributed by atoms with Crippen LogP contribution in [0.5, 0.6) is 0 Å². The van der Waals surface area contributed by atoms with E-state index < -0.39 is 0 Å². The molecule has 0 unspecified atom stereocenters. The lowest BCUT2D eigenvalue weighted by molar-refractivity contribution is 0.0696. The van der Waals surface area contributed by atoms with Gasteiger partial charge in [0.1, 0.15) is 0 Å². The van der Waals surface area contributed by atoms with Crippen molar-refractivity contribution >= 4 is 17.5 Å². The Hall–Kier alpha value is -2.43. The van der Waals surface area contributed by atoms with Gasteiger partial charge < -0.3 is 9.80 Å². The summed E-state index contributed by atoms with van der Waals surface area (Å²) in [6.45, 7) is 3.89. The quantitative estimate of drug-likeness (QED) is 0.874. The van der Waals surface area contributed by atoms with Gasteiger partial charge in [-0.05, 0) is 30.9 Å². The van der Waals surface area contributed by atoms with E-state index >= 15 is 0 Å². The number of nitrogens with zero attached hydrogens (tertiary/aromatic N) is 4. The summed E-state index contributed by atoms with van der Waals surface area (Å²) in [5, 5.41) is 0. The first-order chi connectivity index (χ1) is 11.1. The normalized spacial score (nSPS) is 15.5. The van der Waals surface area contributed by atoms with Gasteiger partial charge >= 0.3 is 0 Å². The molecule has 0 bridgehead atoms. The number of carbonyl (C=O) groups is 1. The van der Waals surface area contributed by atoms with Crippen molar-refractivity contribution in [3.63, 3.8) is 0 Å². The number of para-hydroxylation sites is 1. The van der Waals surface area contributed by atoms with Gasteiger partial charge in [-0.15, -0.1) is 0 Å². The van der Waals surface area contributed by atoms with Crippen LogP contribution in [-0.4, -0.2) is 40.9 Å². The maximum Gasteiger partial charge on any atom is 0.256 e. The Bertz CT molecular complexity index is 648. The molecule has 0 N–H and O–H groups in total. The number of benzene rings is 1. The highest BCUT2D eigenvalue weighted by Crippen LogP contribution is 2.20. The molecule has 0 saturated carbocycles. The SMILES string of the molecule is CC1CCN(C(=O)c2cnc(N(C)c3ccccc3)nc2)CC1. The fraction of sp³-hybridized carbons (Fsp3) is 0.389. The summed E-state index contributed by atoms with van der Waals surface area (Å²) >= 11 is 0. The van der Waals surface area contributed by atoms with Crippen LogP contribution in [0.3, 0.4) is 0 Å². The Kier molecular flexibility index (Phi) is 4.55. The maximum atomic E-state index is 12.5. The number of hydrogen-bond acceptors (Lipinski definition) is 4. The molecule has 1 aromatic heterocycles. The Morgan fingerprint density at radius 2 is 1.74 bits per heavy atom. The average molecular weight is 310 g/mol. The molecule has 1 fully saturated rings. The summed E-state index contributed by atoms with van der Waals surface area (Å²) in [7, 11) is 1.91. The largest absolute Gasteiger partial charge is 0.339 e. The fourth-order valence-electron chi connectivity index (χ4n) is 2.77. The highest BCUT2D eigenvalue weighted by Gasteiger charge is 2.22. The number of hydrogen-bond donors (Lipinski definition) is 0. The van der Waals surface area contributed by atoms with Crippen LogP contribution in [0.1, 0.15) is 30.1 Å². The number of carbonyl (C=O) groups excluding carboxylic acids is 1. The van der Waals surface area contributed by atoms with E-state index in [1.165, 1.54) is 0 Å². The third kappa shape index (κ3) is 3.50. The minimum absolute atomic E-state index is 0.0332.